The van der Waals surface area contributed by atoms with Crippen LogP contribution in [0, 0.1) is 5.82 Å². The molecule has 1 unspecified atom stereocenters. The van der Waals surface area contributed by atoms with Crippen LogP contribution < -0.4 is 15.2 Å². The lowest BCUT2D eigenvalue weighted by atomic mass is 10.1. The Bertz CT molecular complexity index is 352. The molecule has 2 N–H and O–H groups in total. The zero-order valence-corrected chi connectivity index (χ0v) is 7.92. The monoisotopic (exact) mass is 197 g/mol. The third-order valence-electron chi connectivity index (χ3n) is 2.10. The molecule has 0 amide bonds. The molecule has 2 rings (SSSR count). The fourth-order valence-corrected chi connectivity index (χ4v) is 1.48. The van der Waals surface area contributed by atoms with Gasteiger partial charge in [-0.25, -0.2) is 4.39 Å². The smallest absolute Gasteiger partial charge is 0.231 e. The Kier molecular flexibility index (Phi) is 2.29. The van der Waals surface area contributed by atoms with Gasteiger partial charge in [0.15, 0.2) is 11.6 Å². The molecular formula is C10H12FNO2. The van der Waals surface area contributed by atoms with Crippen molar-refractivity contribution in [3.63, 3.8) is 0 Å². The van der Waals surface area contributed by atoms with E-state index in [0.717, 1.165) is 0 Å². The van der Waals surface area contributed by atoms with Crippen molar-refractivity contribution in [2.45, 2.75) is 19.4 Å². The summed E-state index contributed by atoms with van der Waals surface area (Å²) in [5.41, 5.74) is 6.17. The van der Waals surface area contributed by atoms with E-state index in [0.29, 0.717) is 17.7 Å². The number of rotatable bonds is 2. The van der Waals surface area contributed by atoms with Crippen LogP contribution in [0.4, 0.5) is 4.39 Å². The maximum atomic E-state index is 13.7. The zero-order chi connectivity index (χ0) is 10.1. The lowest BCUT2D eigenvalue weighted by Crippen LogP contribution is -2.18. The molecule has 0 fully saturated rings. The van der Waals surface area contributed by atoms with Crippen LogP contribution in [0.15, 0.2) is 12.1 Å². The Morgan fingerprint density at radius 2 is 2.29 bits per heavy atom. The maximum Gasteiger partial charge on any atom is 0.231 e. The first-order valence-corrected chi connectivity index (χ1v) is 4.51. The van der Waals surface area contributed by atoms with Crippen LogP contribution in [-0.4, -0.2) is 12.8 Å². The van der Waals surface area contributed by atoms with Gasteiger partial charge in [-0.3, -0.25) is 0 Å². The number of fused-ring (bicyclic) bond motifs is 1. The van der Waals surface area contributed by atoms with Crippen molar-refractivity contribution in [3.8, 4) is 11.5 Å². The first-order chi connectivity index (χ1) is 6.68. The number of nitrogens with two attached hydrogens (primary N) is 1. The van der Waals surface area contributed by atoms with E-state index in [1.54, 1.807) is 12.1 Å². The average Bonchev–Trinajstić information content (AvgIpc) is 2.57. The van der Waals surface area contributed by atoms with Gasteiger partial charge in [-0.2, -0.15) is 0 Å². The molecule has 1 aliphatic rings. The van der Waals surface area contributed by atoms with Crippen molar-refractivity contribution in [2.75, 3.05) is 6.79 Å². The normalized spacial score (nSPS) is 15.6. The quantitative estimate of drug-likeness (QED) is 0.780. The third-order valence-corrected chi connectivity index (χ3v) is 2.10. The highest BCUT2D eigenvalue weighted by atomic mass is 19.1. The lowest BCUT2D eigenvalue weighted by molar-refractivity contribution is 0.170. The van der Waals surface area contributed by atoms with Crippen molar-refractivity contribution in [3.05, 3.63) is 23.5 Å². The van der Waals surface area contributed by atoms with Gasteiger partial charge in [-0.1, -0.05) is 6.07 Å². The molecule has 0 aromatic heterocycles. The number of halogens is 1. The molecule has 0 radical (unpaired) electrons. The molecule has 76 valence electrons. The van der Waals surface area contributed by atoms with E-state index in [1.807, 2.05) is 6.92 Å². The number of benzene rings is 1. The molecule has 0 saturated carbocycles. The summed E-state index contributed by atoms with van der Waals surface area (Å²) in [6.07, 6.45) is 0.502. The second-order valence-corrected chi connectivity index (χ2v) is 3.45. The van der Waals surface area contributed by atoms with Gasteiger partial charge in [0, 0.05) is 6.04 Å². The minimum Gasteiger partial charge on any atom is -0.453 e. The topological polar surface area (TPSA) is 44.5 Å². The van der Waals surface area contributed by atoms with Crippen molar-refractivity contribution in [2.24, 2.45) is 5.73 Å². The van der Waals surface area contributed by atoms with Gasteiger partial charge in [0.1, 0.15) is 0 Å². The molecule has 0 spiro atoms. The third kappa shape index (κ3) is 1.53. The maximum absolute atomic E-state index is 13.7. The molecule has 1 aromatic rings. The van der Waals surface area contributed by atoms with E-state index in [-0.39, 0.29) is 24.4 Å². The highest BCUT2D eigenvalue weighted by Gasteiger charge is 2.21. The standard InChI is InChI=1S/C10H12FNO2/c1-6(12)4-7-2-3-8-10(9(7)11)14-5-13-8/h2-3,6H,4-5,12H2,1H3. The molecule has 0 aliphatic carbocycles. The molecule has 4 heteroatoms. The predicted octanol–water partition coefficient (Wildman–Crippen LogP) is 1.44. The second-order valence-electron chi connectivity index (χ2n) is 3.45. The molecule has 0 bridgehead atoms. The molecule has 1 aliphatic heterocycles. The van der Waals surface area contributed by atoms with Crippen molar-refractivity contribution >= 4 is 0 Å². The summed E-state index contributed by atoms with van der Waals surface area (Å²) in [6.45, 7) is 1.93. The van der Waals surface area contributed by atoms with Crippen LogP contribution in [0.2, 0.25) is 0 Å². The number of hydrogen-bond acceptors (Lipinski definition) is 3. The van der Waals surface area contributed by atoms with E-state index in [4.69, 9.17) is 15.2 Å². The Morgan fingerprint density at radius 3 is 3.00 bits per heavy atom. The summed E-state index contributed by atoms with van der Waals surface area (Å²) < 4.78 is 23.7. The molecule has 1 aromatic carbocycles. The Balaban J connectivity index is 2.35. The van der Waals surface area contributed by atoms with Gasteiger partial charge in [0.25, 0.3) is 0 Å². The predicted molar refractivity (Wildman–Crippen MR) is 49.9 cm³/mol. The lowest BCUT2D eigenvalue weighted by Gasteiger charge is -2.07. The molecule has 1 atom stereocenters. The Hall–Kier alpha value is -1.29. The van der Waals surface area contributed by atoms with Gasteiger partial charge in [-0.15, -0.1) is 0 Å². The zero-order valence-electron chi connectivity index (χ0n) is 7.92. The summed E-state index contributed by atoms with van der Waals surface area (Å²) in [4.78, 5) is 0. The van der Waals surface area contributed by atoms with Gasteiger partial charge < -0.3 is 15.2 Å². The summed E-state index contributed by atoms with van der Waals surface area (Å²) in [6, 6.07) is 3.33. The molecule has 0 saturated heterocycles. The summed E-state index contributed by atoms with van der Waals surface area (Å²) in [7, 11) is 0. The second kappa shape index (κ2) is 3.46. The number of hydrogen-bond donors (Lipinski definition) is 1. The van der Waals surface area contributed by atoms with Crippen LogP contribution >= 0.6 is 0 Å². The number of ether oxygens (including phenoxy) is 2. The van der Waals surface area contributed by atoms with E-state index < -0.39 is 0 Å². The van der Waals surface area contributed by atoms with Crippen LogP contribution in [0.3, 0.4) is 0 Å². The van der Waals surface area contributed by atoms with Gasteiger partial charge >= 0.3 is 0 Å². The molecular weight excluding hydrogens is 185 g/mol. The Morgan fingerprint density at radius 1 is 1.50 bits per heavy atom. The molecule has 1 heterocycles. The minimum absolute atomic E-state index is 0.0649. The highest BCUT2D eigenvalue weighted by molar-refractivity contribution is 5.46. The fraction of sp³-hybridized carbons (Fsp3) is 0.400. The van der Waals surface area contributed by atoms with Crippen LogP contribution in [0.5, 0.6) is 11.5 Å². The summed E-state index contributed by atoms with van der Waals surface area (Å²) in [5, 5.41) is 0. The average molecular weight is 197 g/mol. The van der Waals surface area contributed by atoms with E-state index in [1.165, 1.54) is 0 Å². The molecule has 3 nitrogen and oxygen atoms in total. The van der Waals surface area contributed by atoms with Crippen LogP contribution in [0.1, 0.15) is 12.5 Å². The van der Waals surface area contributed by atoms with E-state index in [9.17, 15) is 4.39 Å². The highest BCUT2D eigenvalue weighted by Crippen LogP contribution is 2.36. The van der Waals surface area contributed by atoms with Gasteiger partial charge in [0.2, 0.25) is 12.5 Å². The summed E-state index contributed by atoms with van der Waals surface area (Å²) >= 11 is 0. The minimum atomic E-state index is -0.350. The largest absolute Gasteiger partial charge is 0.453 e. The van der Waals surface area contributed by atoms with Gasteiger partial charge in [-0.05, 0) is 25.0 Å². The molecule has 14 heavy (non-hydrogen) atoms. The van der Waals surface area contributed by atoms with Crippen molar-refractivity contribution in [1.29, 1.82) is 0 Å². The first kappa shape index (κ1) is 9.27. The Labute approximate surface area is 81.6 Å². The SMILES string of the molecule is CC(N)Cc1ccc2c(c1F)OCO2. The van der Waals surface area contributed by atoms with E-state index >= 15 is 0 Å². The summed E-state index contributed by atoms with van der Waals surface area (Å²) in [5.74, 6) is 0.330. The van der Waals surface area contributed by atoms with Crippen molar-refractivity contribution in [1.82, 2.24) is 0 Å². The van der Waals surface area contributed by atoms with Crippen LogP contribution in [-0.2, 0) is 6.42 Å². The fourth-order valence-electron chi connectivity index (χ4n) is 1.48. The first-order valence-electron chi connectivity index (χ1n) is 4.51. The van der Waals surface area contributed by atoms with Gasteiger partial charge in [0.05, 0.1) is 0 Å². The van der Waals surface area contributed by atoms with Crippen LogP contribution in [0.25, 0.3) is 0 Å². The van der Waals surface area contributed by atoms with Crippen molar-refractivity contribution < 1.29 is 13.9 Å². The van der Waals surface area contributed by atoms with E-state index in [2.05, 4.69) is 0 Å².